The van der Waals surface area contributed by atoms with Gasteiger partial charge in [0.1, 0.15) is 4.88 Å². The molecule has 19 heavy (non-hydrogen) atoms. The number of aromatic nitrogens is 2. The number of carboxylic acids is 1. The highest BCUT2D eigenvalue weighted by atomic mass is 35.5. The van der Waals surface area contributed by atoms with E-state index in [2.05, 4.69) is 4.98 Å². The molecule has 0 fully saturated rings. The van der Waals surface area contributed by atoms with Gasteiger partial charge in [0.2, 0.25) is 0 Å². The van der Waals surface area contributed by atoms with Crippen molar-refractivity contribution in [1.82, 2.24) is 9.38 Å². The predicted octanol–water partition coefficient (Wildman–Crippen LogP) is 3.49. The van der Waals surface area contributed by atoms with Crippen molar-refractivity contribution in [1.29, 1.82) is 0 Å². The van der Waals surface area contributed by atoms with Gasteiger partial charge in [-0.25, -0.2) is 9.78 Å². The Balaban J connectivity index is 0.00000133. The second-order valence-corrected chi connectivity index (χ2v) is 4.94. The van der Waals surface area contributed by atoms with Crippen LogP contribution in [0.3, 0.4) is 0 Å². The van der Waals surface area contributed by atoms with E-state index in [1.807, 2.05) is 40.9 Å². The maximum absolute atomic E-state index is 11.0. The smallest absolute Gasteiger partial charge is 0.347 e. The van der Waals surface area contributed by atoms with Crippen LogP contribution < -0.4 is 0 Å². The Labute approximate surface area is 119 Å². The average Bonchev–Trinajstić information content (AvgIpc) is 2.91. The maximum Gasteiger partial charge on any atom is 0.347 e. The highest BCUT2D eigenvalue weighted by Gasteiger charge is 2.16. The lowest BCUT2D eigenvalue weighted by Gasteiger charge is -1.94. The van der Waals surface area contributed by atoms with Gasteiger partial charge in [0.05, 0.1) is 5.69 Å². The molecule has 0 bridgehead atoms. The zero-order chi connectivity index (χ0) is 12.7. The monoisotopic (exact) mass is 294 g/mol. The zero-order valence-corrected chi connectivity index (χ0v) is 11.7. The Morgan fingerprint density at radius 2 is 2.00 bits per heavy atom. The van der Waals surface area contributed by atoms with E-state index in [4.69, 9.17) is 5.11 Å². The number of fused-ring (bicyclic) bond motifs is 1. The first-order valence-electron chi connectivity index (χ1n) is 5.44. The number of aromatic carboxylic acids is 1. The largest absolute Gasteiger partial charge is 0.477 e. The first kappa shape index (κ1) is 13.6. The number of aryl methyl sites for hydroxylation is 1. The van der Waals surface area contributed by atoms with Gasteiger partial charge >= 0.3 is 5.97 Å². The third-order valence-electron chi connectivity index (χ3n) is 2.82. The molecule has 3 rings (SSSR count). The van der Waals surface area contributed by atoms with Gasteiger partial charge in [0, 0.05) is 17.5 Å². The summed E-state index contributed by atoms with van der Waals surface area (Å²) in [5.41, 5.74) is 2.61. The molecule has 0 saturated heterocycles. The van der Waals surface area contributed by atoms with Gasteiger partial charge in [0.25, 0.3) is 0 Å². The molecule has 4 nitrogen and oxygen atoms in total. The number of hydrogen-bond donors (Lipinski definition) is 1. The molecular formula is C13H11ClN2O2S. The van der Waals surface area contributed by atoms with Crippen LogP contribution in [0, 0.1) is 6.92 Å². The summed E-state index contributed by atoms with van der Waals surface area (Å²) in [6.45, 7) is 1.80. The minimum Gasteiger partial charge on any atom is -0.477 e. The number of nitrogens with zero attached hydrogens (tertiary/aromatic N) is 2. The van der Waals surface area contributed by atoms with Crippen molar-refractivity contribution >= 4 is 34.7 Å². The number of halogens is 1. The Bertz CT molecular complexity index is 734. The summed E-state index contributed by atoms with van der Waals surface area (Å²) in [6, 6.07) is 9.84. The molecule has 0 atom stereocenters. The van der Waals surface area contributed by atoms with E-state index in [1.54, 1.807) is 6.92 Å². The third-order valence-corrected chi connectivity index (χ3v) is 3.97. The van der Waals surface area contributed by atoms with Crippen LogP contribution in [-0.4, -0.2) is 20.5 Å². The van der Waals surface area contributed by atoms with Crippen LogP contribution in [-0.2, 0) is 0 Å². The Morgan fingerprint density at radius 1 is 1.32 bits per heavy atom. The molecule has 0 spiro atoms. The molecule has 0 amide bonds. The molecule has 1 N–H and O–H groups in total. The molecule has 0 aliphatic carbocycles. The number of carboxylic acid groups (broad SMARTS) is 1. The molecule has 1 aromatic carbocycles. The lowest BCUT2D eigenvalue weighted by atomic mass is 10.2. The second-order valence-electron chi connectivity index (χ2n) is 3.97. The van der Waals surface area contributed by atoms with E-state index in [1.165, 1.54) is 11.3 Å². The molecular weight excluding hydrogens is 284 g/mol. The minimum absolute atomic E-state index is 0. The molecule has 2 aromatic heterocycles. The standard InChI is InChI=1S/C13H10N2O2S.ClH/c1-8-11(12(16)17)18-13-14-10(7-15(8)13)9-5-3-2-4-6-9;/h2-7H,1H3,(H,16,17);1H. The van der Waals surface area contributed by atoms with Crippen LogP contribution in [0.1, 0.15) is 15.4 Å². The lowest BCUT2D eigenvalue weighted by molar-refractivity contribution is 0.0701. The summed E-state index contributed by atoms with van der Waals surface area (Å²) in [5, 5.41) is 9.04. The number of carbonyl (C=O) groups is 1. The summed E-state index contributed by atoms with van der Waals surface area (Å²) in [6.07, 6.45) is 1.88. The molecule has 0 aliphatic heterocycles. The maximum atomic E-state index is 11.0. The molecule has 0 saturated carbocycles. The van der Waals surface area contributed by atoms with Crippen LogP contribution >= 0.6 is 23.7 Å². The minimum atomic E-state index is -0.899. The fraction of sp³-hybridized carbons (Fsp3) is 0.0769. The highest BCUT2D eigenvalue weighted by molar-refractivity contribution is 7.19. The summed E-state index contributed by atoms with van der Waals surface area (Å²) in [4.78, 5) is 16.5. The third kappa shape index (κ3) is 2.22. The second kappa shape index (κ2) is 5.03. The van der Waals surface area contributed by atoms with Gasteiger partial charge < -0.3 is 5.11 Å². The van der Waals surface area contributed by atoms with E-state index >= 15 is 0 Å². The fourth-order valence-corrected chi connectivity index (χ4v) is 2.84. The zero-order valence-electron chi connectivity index (χ0n) is 10.0. The number of thiazole rings is 1. The van der Waals surface area contributed by atoms with Crippen molar-refractivity contribution in [2.45, 2.75) is 6.92 Å². The van der Waals surface area contributed by atoms with E-state index < -0.39 is 5.97 Å². The number of imidazole rings is 1. The molecule has 0 unspecified atom stereocenters. The van der Waals surface area contributed by atoms with Crippen LogP contribution in [0.4, 0.5) is 0 Å². The topological polar surface area (TPSA) is 54.6 Å². The summed E-state index contributed by atoms with van der Waals surface area (Å²) < 4.78 is 1.83. The number of hydrogen-bond acceptors (Lipinski definition) is 3. The van der Waals surface area contributed by atoms with Crippen molar-refractivity contribution in [2.75, 3.05) is 0 Å². The average molecular weight is 295 g/mol. The molecule has 3 aromatic rings. The van der Waals surface area contributed by atoms with Crippen LogP contribution in [0.2, 0.25) is 0 Å². The first-order valence-corrected chi connectivity index (χ1v) is 6.25. The van der Waals surface area contributed by atoms with E-state index in [-0.39, 0.29) is 12.4 Å². The highest BCUT2D eigenvalue weighted by Crippen LogP contribution is 2.26. The van der Waals surface area contributed by atoms with Gasteiger partial charge in [-0.15, -0.1) is 12.4 Å². The number of benzene rings is 1. The van der Waals surface area contributed by atoms with E-state index in [9.17, 15) is 4.79 Å². The van der Waals surface area contributed by atoms with Crippen LogP contribution in [0.5, 0.6) is 0 Å². The normalized spacial score (nSPS) is 10.4. The van der Waals surface area contributed by atoms with E-state index in [0.29, 0.717) is 9.84 Å². The van der Waals surface area contributed by atoms with Crippen molar-refractivity contribution in [3.05, 3.63) is 47.1 Å². The van der Waals surface area contributed by atoms with Gasteiger partial charge in [-0.1, -0.05) is 41.7 Å². The SMILES string of the molecule is Cc1c(C(=O)O)sc2nc(-c3ccccc3)cn12.Cl. The van der Waals surface area contributed by atoms with Crippen molar-refractivity contribution in [3.8, 4) is 11.3 Å². The molecule has 0 aliphatic rings. The quantitative estimate of drug-likeness (QED) is 0.787. The van der Waals surface area contributed by atoms with Crippen molar-refractivity contribution < 1.29 is 9.90 Å². The van der Waals surface area contributed by atoms with Gasteiger partial charge in [-0.05, 0) is 6.92 Å². The van der Waals surface area contributed by atoms with Crippen molar-refractivity contribution in [2.24, 2.45) is 0 Å². The molecule has 98 valence electrons. The van der Waals surface area contributed by atoms with Crippen LogP contribution in [0.25, 0.3) is 16.2 Å². The summed E-state index contributed by atoms with van der Waals surface area (Å²) in [5.74, 6) is -0.899. The van der Waals surface area contributed by atoms with Gasteiger partial charge in [-0.3, -0.25) is 4.40 Å². The molecule has 0 radical (unpaired) electrons. The predicted molar refractivity (Wildman–Crippen MR) is 77.4 cm³/mol. The van der Waals surface area contributed by atoms with Crippen LogP contribution in [0.15, 0.2) is 36.5 Å². The van der Waals surface area contributed by atoms with Crippen molar-refractivity contribution in [3.63, 3.8) is 0 Å². The Kier molecular flexibility index (Phi) is 3.59. The molecule has 6 heteroatoms. The first-order chi connectivity index (χ1) is 8.66. The van der Waals surface area contributed by atoms with E-state index in [0.717, 1.165) is 17.0 Å². The Morgan fingerprint density at radius 3 is 2.58 bits per heavy atom. The lowest BCUT2D eigenvalue weighted by Crippen LogP contribution is -1.96. The number of rotatable bonds is 2. The summed E-state index contributed by atoms with van der Waals surface area (Å²) >= 11 is 1.20. The van der Waals surface area contributed by atoms with Gasteiger partial charge in [0.15, 0.2) is 4.96 Å². The Hall–Kier alpha value is -1.85. The molecule has 2 heterocycles. The fourth-order valence-electron chi connectivity index (χ4n) is 1.90. The summed E-state index contributed by atoms with van der Waals surface area (Å²) in [7, 11) is 0. The van der Waals surface area contributed by atoms with Gasteiger partial charge in [-0.2, -0.15) is 0 Å².